The van der Waals surface area contributed by atoms with Crippen LogP contribution in [0.3, 0.4) is 0 Å². The average Bonchev–Trinajstić information content (AvgIpc) is 2.35. The van der Waals surface area contributed by atoms with Crippen LogP contribution in [0.1, 0.15) is 33.1 Å². The van der Waals surface area contributed by atoms with Crippen molar-refractivity contribution in [2.45, 2.75) is 45.2 Å². The fraction of sp³-hybridized carbons (Fsp3) is 0.917. The minimum Gasteiger partial charge on any atom is -0.339 e. The molecule has 1 heterocycles. The zero-order valence-corrected chi connectivity index (χ0v) is 10.8. The highest BCUT2D eigenvalue weighted by molar-refractivity contribution is 5.76. The minimum absolute atomic E-state index is 0.119. The molecule has 0 bridgehead atoms. The molecule has 0 aliphatic carbocycles. The van der Waals surface area contributed by atoms with Crippen molar-refractivity contribution in [3.8, 4) is 0 Å². The Balaban J connectivity index is 2.47. The Bertz CT molecular complexity index is 230. The second kappa shape index (κ2) is 6.21. The summed E-state index contributed by atoms with van der Waals surface area (Å²) in [6, 6.07) is 0.446. The van der Waals surface area contributed by atoms with Crippen molar-refractivity contribution >= 4 is 5.91 Å². The first-order chi connectivity index (χ1) is 7.50. The van der Waals surface area contributed by atoms with Crippen molar-refractivity contribution in [3.63, 3.8) is 0 Å². The van der Waals surface area contributed by atoms with Crippen LogP contribution in [0.25, 0.3) is 0 Å². The van der Waals surface area contributed by atoms with E-state index in [2.05, 4.69) is 18.9 Å². The SMILES string of the molecule is CC(N)CCC(=O)N1CCCN(C)CC1C. The summed E-state index contributed by atoms with van der Waals surface area (Å²) < 4.78 is 0. The molecule has 0 aromatic rings. The molecule has 1 aliphatic rings. The average molecular weight is 227 g/mol. The summed E-state index contributed by atoms with van der Waals surface area (Å²) in [7, 11) is 2.12. The fourth-order valence-corrected chi connectivity index (χ4v) is 2.24. The van der Waals surface area contributed by atoms with E-state index < -0.39 is 0 Å². The molecule has 1 fully saturated rings. The number of carbonyl (C=O) groups excluding carboxylic acids is 1. The predicted octanol–water partition coefficient (Wildman–Crippen LogP) is 0.666. The number of likely N-dealkylation sites (N-methyl/N-ethyl adjacent to an activating group) is 1. The molecule has 2 unspecified atom stereocenters. The number of nitrogens with zero attached hydrogens (tertiary/aromatic N) is 2. The van der Waals surface area contributed by atoms with Crippen LogP contribution in [0.2, 0.25) is 0 Å². The van der Waals surface area contributed by atoms with Crippen LogP contribution in [0.4, 0.5) is 0 Å². The van der Waals surface area contributed by atoms with Gasteiger partial charge in [0.1, 0.15) is 0 Å². The van der Waals surface area contributed by atoms with Gasteiger partial charge >= 0.3 is 0 Å². The molecule has 2 atom stereocenters. The first-order valence-corrected chi connectivity index (χ1v) is 6.24. The fourth-order valence-electron chi connectivity index (χ4n) is 2.24. The molecule has 1 rings (SSSR count). The molecule has 1 amide bonds. The van der Waals surface area contributed by atoms with Crippen LogP contribution in [0.15, 0.2) is 0 Å². The summed E-state index contributed by atoms with van der Waals surface area (Å²) in [6.07, 6.45) is 2.45. The van der Waals surface area contributed by atoms with Crippen LogP contribution in [-0.2, 0) is 4.79 Å². The molecule has 0 aromatic heterocycles. The lowest BCUT2D eigenvalue weighted by atomic mass is 10.1. The van der Waals surface area contributed by atoms with Gasteiger partial charge in [-0.1, -0.05) is 0 Å². The van der Waals surface area contributed by atoms with Crippen molar-refractivity contribution in [3.05, 3.63) is 0 Å². The molecule has 94 valence electrons. The van der Waals surface area contributed by atoms with E-state index in [0.29, 0.717) is 12.5 Å². The lowest BCUT2D eigenvalue weighted by Gasteiger charge is -2.28. The van der Waals surface area contributed by atoms with Gasteiger partial charge in [0.25, 0.3) is 0 Å². The standard InChI is InChI=1S/C12H25N3O/c1-10(13)5-6-12(16)15-8-4-7-14(3)9-11(15)2/h10-11H,4-9,13H2,1-3H3. The van der Waals surface area contributed by atoms with E-state index in [0.717, 1.165) is 32.5 Å². The Hall–Kier alpha value is -0.610. The normalized spacial score (nSPS) is 25.2. The van der Waals surface area contributed by atoms with Gasteiger partial charge in [-0.05, 0) is 40.3 Å². The van der Waals surface area contributed by atoms with Crippen LogP contribution in [0.5, 0.6) is 0 Å². The summed E-state index contributed by atoms with van der Waals surface area (Å²) >= 11 is 0. The highest BCUT2D eigenvalue weighted by Crippen LogP contribution is 2.11. The first-order valence-electron chi connectivity index (χ1n) is 6.24. The number of rotatable bonds is 3. The van der Waals surface area contributed by atoms with Crippen LogP contribution >= 0.6 is 0 Å². The molecule has 0 saturated carbocycles. The first kappa shape index (κ1) is 13.5. The van der Waals surface area contributed by atoms with Crippen molar-refractivity contribution in [1.82, 2.24) is 9.80 Å². The van der Waals surface area contributed by atoms with Gasteiger partial charge in [-0.2, -0.15) is 0 Å². The molecule has 16 heavy (non-hydrogen) atoms. The topological polar surface area (TPSA) is 49.6 Å². The molecule has 4 heteroatoms. The van der Waals surface area contributed by atoms with E-state index >= 15 is 0 Å². The lowest BCUT2D eigenvalue weighted by Crippen LogP contribution is -2.42. The number of nitrogens with two attached hydrogens (primary N) is 1. The van der Waals surface area contributed by atoms with Gasteiger partial charge in [-0.25, -0.2) is 0 Å². The van der Waals surface area contributed by atoms with E-state index in [9.17, 15) is 4.79 Å². The molecule has 1 saturated heterocycles. The van der Waals surface area contributed by atoms with Crippen LogP contribution in [-0.4, -0.2) is 54.5 Å². The second-order valence-electron chi connectivity index (χ2n) is 5.07. The molecule has 0 radical (unpaired) electrons. The minimum atomic E-state index is 0.119. The molecule has 0 spiro atoms. The quantitative estimate of drug-likeness (QED) is 0.771. The van der Waals surface area contributed by atoms with E-state index in [-0.39, 0.29) is 11.9 Å². The van der Waals surface area contributed by atoms with Gasteiger partial charge in [0.05, 0.1) is 0 Å². The third kappa shape index (κ3) is 4.10. The molecule has 0 aromatic carbocycles. The zero-order valence-electron chi connectivity index (χ0n) is 10.8. The smallest absolute Gasteiger partial charge is 0.222 e. The van der Waals surface area contributed by atoms with Gasteiger partial charge in [0, 0.05) is 31.6 Å². The lowest BCUT2D eigenvalue weighted by molar-refractivity contribution is -0.133. The maximum absolute atomic E-state index is 12.0. The van der Waals surface area contributed by atoms with E-state index in [1.54, 1.807) is 0 Å². The predicted molar refractivity (Wildman–Crippen MR) is 66.2 cm³/mol. The van der Waals surface area contributed by atoms with Crippen molar-refractivity contribution in [2.24, 2.45) is 5.73 Å². The summed E-state index contributed by atoms with van der Waals surface area (Å²) in [4.78, 5) is 16.3. The van der Waals surface area contributed by atoms with E-state index in [1.165, 1.54) is 0 Å². The zero-order chi connectivity index (χ0) is 12.1. The van der Waals surface area contributed by atoms with Crippen molar-refractivity contribution in [2.75, 3.05) is 26.7 Å². The Morgan fingerprint density at radius 3 is 2.81 bits per heavy atom. The Kier molecular flexibility index (Phi) is 5.22. The third-order valence-corrected chi connectivity index (χ3v) is 3.18. The van der Waals surface area contributed by atoms with Gasteiger partial charge in [0.2, 0.25) is 5.91 Å². The monoisotopic (exact) mass is 227 g/mol. The Labute approximate surface area is 98.8 Å². The molecule has 4 nitrogen and oxygen atoms in total. The van der Waals surface area contributed by atoms with Gasteiger partial charge < -0.3 is 15.5 Å². The van der Waals surface area contributed by atoms with Gasteiger partial charge in [-0.15, -0.1) is 0 Å². The number of hydrogen-bond acceptors (Lipinski definition) is 3. The molecule has 1 aliphatic heterocycles. The highest BCUT2D eigenvalue weighted by Gasteiger charge is 2.23. The number of amides is 1. The highest BCUT2D eigenvalue weighted by atomic mass is 16.2. The van der Waals surface area contributed by atoms with Crippen LogP contribution in [0, 0.1) is 0 Å². The maximum Gasteiger partial charge on any atom is 0.222 e. The largest absolute Gasteiger partial charge is 0.339 e. The summed E-state index contributed by atoms with van der Waals surface area (Å²) in [5.41, 5.74) is 5.68. The number of carbonyl (C=O) groups is 1. The van der Waals surface area contributed by atoms with E-state index in [4.69, 9.17) is 5.73 Å². The number of hydrogen-bond donors (Lipinski definition) is 1. The van der Waals surface area contributed by atoms with E-state index in [1.807, 2.05) is 11.8 Å². The summed E-state index contributed by atoms with van der Waals surface area (Å²) in [6.45, 7) is 7.03. The summed E-state index contributed by atoms with van der Waals surface area (Å²) in [5.74, 6) is 0.264. The molecular weight excluding hydrogens is 202 g/mol. The Morgan fingerprint density at radius 2 is 2.19 bits per heavy atom. The molecular formula is C12H25N3O. The Morgan fingerprint density at radius 1 is 1.50 bits per heavy atom. The van der Waals surface area contributed by atoms with Crippen molar-refractivity contribution in [1.29, 1.82) is 0 Å². The van der Waals surface area contributed by atoms with Gasteiger partial charge in [-0.3, -0.25) is 4.79 Å². The molecule has 2 N–H and O–H groups in total. The third-order valence-electron chi connectivity index (χ3n) is 3.18. The second-order valence-corrected chi connectivity index (χ2v) is 5.07. The van der Waals surface area contributed by atoms with Gasteiger partial charge in [0.15, 0.2) is 0 Å². The van der Waals surface area contributed by atoms with Crippen molar-refractivity contribution < 1.29 is 4.79 Å². The van der Waals surface area contributed by atoms with Crippen LogP contribution < -0.4 is 5.73 Å². The maximum atomic E-state index is 12.0. The summed E-state index contributed by atoms with van der Waals surface area (Å²) in [5, 5.41) is 0.